The largest absolute Gasteiger partial charge is 0.457 e. The first-order valence-corrected chi connectivity index (χ1v) is 6.13. The van der Waals surface area contributed by atoms with E-state index in [1.807, 2.05) is 13.0 Å². The molecule has 0 radical (unpaired) electrons. The molecule has 0 atom stereocenters. The monoisotopic (exact) mass is 266 g/mol. The number of nitrogens with two attached hydrogens (primary N) is 1. The molecule has 0 aliphatic heterocycles. The van der Waals surface area contributed by atoms with Crippen LogP contribution in [-0.2, 0) is 11.3 Å². The summed E-state index contributed by atoms with van der Waals surface area (Å²) in [5.74, 6) is -0.487. The molecule has 2 aromatic carbocycles. The molecule has 2 N–H and O–H groups in total. The van der Waals surface area contributed by atoms with Crippen LogP contribution in [-0.4, -0.2) is 5.97 Å². The molecule has 4 heteroatoms. The number of hydrogen-bond donors (Lipinski definition) is 1. The third kappa shape index (κ3) is 2.78. The number of ether oxygens (including phenoxy) is 1. The lowest BCUT2D eigenvalue weighted by Gasteiger charge is -2.09. The second kappa shape index (κ2) is 5.89. The zero-order valence-corrected chi connectivity index (χ0v) is 11.1. The van der Waals surface area contributed by atoms with Gasteiger partial charge in [0.05, 0.1) is 17.2 Å². The van der Waals surface area contributed by atoms with Gasteiger partial charge in [0.25, 0.3) is 0 Å². The van der Waals surface area contributed by atoms with Gasteiger partial charge in [-0.3, -0.25) is 0 Å². The van der Waals surface area contributed by atoms with E-state index in [0.29, 0.717) is 22.4 Å². The molecule has 100 valence electrons. The Balaban J connectivity index is 2.13. The van der Waals surface area contributed by atoms with Crippen LogP contribution < -0.4 is 5.73 Å². The fourth-order valence-electron chi connectivity index (χ4n) is 1.83. The lowest BCUT2D eigenvalue weighted by Crippen LogP contribution is -2.09. The number of benzene rings is 2. The molecule has 0 aliphatic rings. The second-order valence-electron chi connectivity index (χ2n) is 4.38. The van der Waals surface area contributed by atoms with Crippen LogP contribution in [0.2, 0.25) is 0 Å². The van der Waals surface area contributed by atoms with E-state index in [4.69, 9.17) is 15.7 Å². The van der Waals surface area contributed by atoms with Crippen molar-refractivity contribution in [3.8, 4) is 6.07 Å². The van der Waals surface area contributed by atoms with Crippen LogP contribution in [0.5, 0.6) is 0 Å². The summed E-state index contributed by atoms with van der Waals surface area (Å²) in [7, 11) is 0. The number of esters is 1. The molecule has 0 aliphatic carbocycles. The standard InChI is InChI=1S/C16H14N2O2/c1-11-5-4-8-14(15(11)18)16(19)20-10-13-7-3-2-6-12(13)9-17/h2-8H,10,18H2,1H3. The average molecular weight is 266 g/mol. The number of rotatable bonds is 3. The summed E-state index contributed by atoms with van der Waals surface area (Å²) < 4.78 is 5.22. The lowest BCUT2D eigenvalue weighted by atomic mass is 10.1. The van der Waals surface area contributed by atoms with Crippen LogP contribution in [0.4, 0.5) is 5.69 Å². The highest BCUT2D eigenvalue weighted by Gasteiger charge is 2.13. The van der Waals surface area contributed by atoms with Crippen molar-refractivity contribution in [2.24, 2.45) is 0 Å². The topological polar surface area (TPSA) is 76.1 Å². The Labute approximate surface area is 117 Å². The number of nitriles is 1. The van der Waals surface area contributed by atoms with Crippen LogP contribution in [0.25, 0.3) is 0 Å². The van der Waals surface area contributed by atoms with Gasteiger partial charge in [0.2, 0.25) is 0 Å². The number of nitrogen functional groups attached to an aromatic ring is 1. The van der Waals surface area contributed by atoms with Gasteiger partial charge in [0.15, 0.2) is 0 Å². The van der Waals surface area contributed by atoms with E-state index in [9.17, 15) is 4.79 Å². The molecule has 0 unspecified atom stereocenters. The second-order valence-corrected chi connectivity index (χ2v) is 4.38. The summed E-state index contributed by atoms with van der Waals surface area (Å²) in [6.07, 6.45) is 0. The van der Waals surface area contributed by atoms with Crippen LogP contribution >= 0.6 is 0 Å². The normalized spacial score (nSPS) is 9.80. The molecule has 0 fully saturated rings. The summed E-state index contributed by atoms with van der Waals surface area (Å²) in [4.78, 5) is 12.0. The molecule has 4 nitrogen and oxygen atoms in total. The number of carbonyl (C=O) groups excluding carboxylic acids is 1. The maximum absolute atomic E-state index is 12.0. The van der Waals surface area contributed by atoms with Crippen molar-refractivity contribution in [1.82, 2.24) is 0 Å². The predicted octanol–water partition coefficient (Wildman–Crippen LogP) is 2.81. The zero-order chi connectivity index (χ0) is 14.5. The van der Waals surface area contributed by atoms with Crippen molar-refractivity contribution in [2.45, 2.75) is 13.5 Å². The molecule has 0 bridgehead atoms. The summed E-state index contributed by atoms with van der Waals surface area (Å²) >= 11 is 0. The molecular weight excluding hydrogens is 252 g/mol. The quantitative estimate of drug-likeness (QED) is 0.684. The number of aryl methyl sites for hydroxylation is 1. The first-order chi connectivity index (χ1) is 9.63. The Kier molecular flexibility index (Phi) is 4.02. The Bertz CT molecular complexity index is 687. The molecule has 0 saturated carbocycles. The number of para-hydroxylation sites is 1. The van der Waals surface area contributed by atoms with Gasteiger partial charge < -0.3 is 10.5 Å². The minimum absolute atomic E-state index is 0.0515. The smallest absolute Gasteiger partial charge is 0.340 e. The van der Waals surface area contributed by atoms with Gasteiger partial charge in [-0.2, -0.15) is 5.26 Å². The van der Waals surface area contributed by atoms with E-state index in [2.05, 4.69) is 6.07 Å². The maximum atomic E-state index is 12.0. The summed E-state index contributed by atoms with van der Waals surface area (Å²) in [6, 6.07) is 14.3. The molecule has 0 saturated heterocycles. The maximum Gasteiger partial charge on any atom is 0.340 e. The van der Waals surface area contributed by atoms with E-state index in [1.165, 1.54) is 0 Å². The Hall–Kier alpha value is -2.80. The third-order valence-corrected chi connectivity index (χ3v) is 3.04. The lowest BCUT2D eigenvalue weighted by molar-refractivity contribution is 0.0473. The number of hydrogen-bond acceptors (Lipinski definition) is 4. The molecule has 2 rings (SSSR count). The first kappa shape index (κ1) is 13.6. The highest BCUT2D eigenvalue weighted by molar-refractivity contribution is 5.95. The van der Waals surface area contributed by atoms with Gasteiger partial charge in [-0.1, -0.05) is 30.3 Å². The van der Waals surface area contributed by atoms with Gasteiger partial charge >= 0.3 is 5.97 Å². The highest BCUT2D eigenvalue weighted by Crippen LogP contribution is 2.18. The van der Waals surface area contributed by atoms with Gasteiger partial charge in [0.1, 0.15) is 6.61 Å². The van der Waals surface area contributed by atoms with E-state index >= 15 is 0 Å². The first-order valence-electron chi connectivity index (χ1n) is 6.13. The van der Waals surface area contributed by atoms with Crippen molar-refractivity contribution in [1.29, 1.82) is 5.26 Å². The predicted molar refractivity (Wildman–Crippen MR) is 75.9 cm³/mol. The summed E-state index contributed by atoms with van der Waals surface area (Å²) in [6.45, 7) is 1.88. The van der Waals surface area contributed by atoms with Crippen molar-refractivity contribution in [2.75, 3.05) is 5.73 Å². The van der Waals surface area contributed by atoms with Crippen LogP contribution in [0.15, 0.2) is 42.5 Å². The Morgan fingerprint density at radius 1 is 1.25 bits per heavy atom. The molecule has 0 aromatic heterocycles. The molecule has 20 heavy (non-hydrogen) atoms. The van der Waals surface area contributed by atoms with Crippen molar-refractivity contribution >= 4 is 11.7 Å². The minimum Gasteiger partial charge on any atom is -0.457 e. The zero-order valence-electron chi connectivity index (χ0n) is 11.1. The summed E-state index contributed by atoms with van der Waals surface area (Å²) in [5.41, 5.74) is 8.63. The van der Waals surface area contributed by atoms with Crippen molar-refractivity contribution in [3.05, 3.63) is 64.7 Å². The van der Waals surface area contributed by atoms with Gasteiger partial charge in [-0.05, 0) is 24.6 Å². The van der Waals surface area contributed by atoms with Crippen LogP contribution in [0.1, 0.15) is 27.0 Å². The Morgan fingerprint density at radius 2 is 2.00 bits per heavy atom. The minimum atomic E-state index is -0.487. The third-order valence-electron chi connectivity index (χ3n) is 3.04. The number of nitrogens with zero attached hydrogens (tertiary/aromatic N) is 1. The van der Waals surface area contributed by atoms with Crippen LogP contribution in [0, 0.1) is 18.3 Å². The molecule has 0 heterocycles. The highest BCUT2D eigenvalue weighted by atomic mass is 16.5. The van der Waals surface area contributed by atoms with E-state index < -0.39 is 5.97 Å². The Morgan fingerprint density at radius 3 is 2.75 bits per heavy atom. The fourth-order valence-corrected chi connectivity index (χ4v) is 1.83. The molecular formula is C16H14N2O2. The number of carbonyl (C=O) groups is 1. The summed E-state index contributed by atoms with van der Waals surface area (Å²) in [5, 5.41) is 8.97. The van der Waals surface area contributed by atoms with Gasteiger partial charge in [-0.25, -0.2) is 4.79 Å². The van der Waals surface area contributed by atoms with Crippen LogP contribution in [0.3, 0.4) is 0 Å². The number of anilines is 1. The van der Waals surface area contributed by atoms with Gasteiger partial charge in [0, 0.05) is 11.3 Å². The van der Waals surface area contributed by atoms with Crippen molar-refractivity contribution in [3.63, 3.8) is 0 Å². The van der Waals surface area contributed by atoms with E-state index in [0.717, 1.165) is 5.56 Å². The molecule has 0 amide bonds. The SMILES string of the molecule is Cc1cccc(C(=O)OCc2ccccc2C#N)c1N. The van der Waals surface area contributed by atoms with E-state index in [-0.39, 0.29) is 6.61 Å². The fraction of sp³-hybridized carbons (Fsp3) is 0.125. The average Bonchev–Trinajstić information content (AvgIpc) is 2.48. The van der Waals surface area contributed by atoms with E-state index in [1.54, 1.807) is 36.4 Å². The van der Waals surface area contributed by atoms with Gasteiger partial charge in [-0.15, -0.1) is 0 Å². The molecule has 2 aromatic rings. The molecule has 0 spiro atoms. The van der Waals surface area contributed by atoms with Crippen molar-refractivity contribution < 1.29 is 9.53 Å².